The van der Waals surface area contributed by atoms with Crippen LogP contribution in [0.3, 0.4) is 0 Å². The molecule has 5 heteroatoms. The Hall–Kier alpha value is -1.04. The van der Waals surface area contributed by atoms with Crippen LogP contribution in [-0.2, 0) is 11.3 Å². The van der Waals surface area contributed by atoms with Crippen LogP contribution < -0.4 is 16.4 Å². The third-order valence-corrected chi connectivity index (χ3v) is 4.75. The Morgan fingerprint density at radius 2 is 2.04 bits per heavy atom. The monoisotopic (exact) mass is 337 g/mol. The molecule has 1 rings (SSSR count). The predicted octanol–water partition coefficient (Wildman–Crippen LogP) is 2.18. The summed E-state index contributed by atoms with van der Waals surface area (Å²) in [5.74, 6) is 0.886. The fourth-order valence-corrected chi connectivity index (χ4v) is 2.60. The van der Waals surface area contributed by atoms with Gasteiger partial charge in [-0.1, -0.05) is 44.0 Å². The van der Waals surface area contributed by atoms with E-state index in [4.69, 9.17) is 5.73 Å². The second-order valence-electron chi connectivity index (χ2n) is 6.36. The quantitative estimate of drug-likeness (QED) is 0.522. The van der Waals surface area contributed by atoms with Crippen LogP contribution in [0, 0.1) is 19.8 Å². The lowest BCUT2D eigenvalue weighted by Crippen LogP contribution is -2.51. The van der Waals surface area contributed by atoms with Crippen molar-refractivity contribution in [1.82, 2.24) is 10.6 Å². The van der Waals surface area contributed by atoms with E-state index in [1.807, 2.05) is 0 Å². The largest absolute Gasteiger partial charge is 0.351 e. The summed E-state index contributed by atoms with van der Waals surface area (Å²) in [5.41, 5.74) is 9.48. The van der Waals surface area contributed by atoms with Crippen molar-refractivity contribution in [2.75, 3.05) is 12.3 Å². The maximum absolute atomic E-state index is 12.6. The van der Waals surface area contributed by atoms with Gasteiger partial charge in [-0.25, -0.2) is 0 Å². The number of carbonyl (C=O) groups is 1. The number of amides is 1. The first-order chi connectivity index (χ1) is 10.9. The zero-order valence-corrected chi connectivity index (χ0v) is 15.6. The van der Waals surface area contributed by atoms with Gasteiger partial charge in [0.2, 0.25) is 5.91 Å². The zero-order valence-electron chi connectivity index (χ0n) is 14.7. The van der Waals surface area contributed by atoms with E-state index in [0.29, 0.717) is 18.8 Å². The molecule has 130 valence electrons. The summed E-state index contributed by atoms with van der Waals surface area (Å²) < 4.78 is 0. The first-order valence-corrected chi connectivity index (χ1v) is 8.95. The molecule has 1 aromatic carbocycles. The number of carbonyl (C=O) groups excluding carboxylic acids is 1. The van der Waals surface area contributed by atoms with Gasteiger partial charge in [0.25, 0.3) is 0 Å². The van der Waals surface area contributed by atoms with Crippen LogP contribution in [0.1, 0.15) is 37.0 Å². The van der Waals surface area contributed by atoms with Crippen molar-refractivity contribution in [3.05, 3.63) is 34.9 Å². The van der Waals surface area contributed by atoms with E-state index in [0.717, 1.165) is 12.0 Å². The van der Waals surface area contributed by atoms with Crippen LogP contribution in [0.2, 0.25) is 0 Å². The highest BCUT2D eigenvalue weighted by atomic mass is 32.1. The minimum atomic E-state index is -0.225. The molecule has 23 heavy (non-hydrogen) atoms. The van der Waals surface area contributed by atoms with Gasteiger partial charge in [0, 0.05) is 24.9 Å². The SMILES string of the molecule is CCC(C)[C@H](NCC(N)CS)C(=O)NCc1ccc(C)cc1C. The predicted molar refractivity (Wildman–Crippen MR) is 101 cm³/mol. The molecule has 0 spiro atoms. The van der Waals surface area contributed by atoms with Crippen LogP contribution in [0.4, 0.5) is 0 Å². The van der Waals surface area contributed by atoms with E-state index in [1.165, 1.54) is 11.1 Å². The molecule has 0 radical (unpaired) electrons. The highest BCUT2D eigenvalue weighted by Crippen LogP contribution is 2.12. The molecular formula is C18H31N3OS. The fourth-order valence-electron chi connectivity index (χ4n) is 2.47. The molecule has 1 amide bonds. The van der Waals surface area contributed by atoms with E-state index >= 15 is 0 Å². The van der Waals surface area contributed by atoms with Crippen LogP contribution in [0.25, 0.3) is 0 Å². The van der Waals surface area contributed by atoms with Gasteiger partial charge in [0.1, 0.15) is 0 Å². The third kappa shape index (κ3) is 6.53. The average Bonchev–Trinajstić information content (AvgIpc) is 2.53. The molecule has 0 aliphatic rings. The number of hydrogen-bond donors (Lipinski definition) is 4. The van der Waals surface area contributed by atoms with E-state index in [9.17, 15) is 4.79 Å². The average molecular weight is 338 g/mol. The summed E-state index contributed by atoms with van der Waals surface area (Å²) in [6, 6.07) is 6.02. The van der Waals surface area contributed by atoms with E-state index < -0.39 is 0 Å². The first kappa shape index (κ1) is 20.0. The summed E-state index contributed by atoms with van der Waals surface area (Å²) in [6.45, 7) is 9.47. The number of benzene rings is 1. The number of nitrogens with two attached hydrogens (primary N) is 1. The lowest BCUT2D eigenvalue weighted by molar-refractivity contribution is -0.124. The molecular weight excluding hydrogens is 306 g/mol. The van der Waals surface area contributed by atoms with Crippen LogP contribution in [0.15, 0.2) is 18.2 Å². The molecule has 4 nitrogen and oxygen atoms in total. The van der Waals surface area contributed by atoms with Crippen molar-refractivity contribution in [3.8, 4) is 0 Å². The Bertz CT molecular complexity index is 507. The lowest BCUT2D eigenvalue weighted by Gasteiger charge is -2.25. The molecule has 0 aliphatic carbocycles. The third-order valence-electron chi connectivity index (χ3n) is 4.28. The molecule has 4 N–H and O–H groups in total. The maximum Gasteiger partial charge on any atom is 0.237 e. The molecule has 0 aromatic heterocycles. The number of hydrogen-bond acceptors (Lipinski definition) is 4. The zero-order chi connectivity index (χ0) is 17.4. The lowest BCUT2D eigenvalue weighted by atomic mass is 9.97. The number of thiol groups is 1. The van der Waals surface area contributed by atoms with Crippen LogP contribution in [0.5, 0.6) is 0 Å². The van der Waals surface area contributed by atoms with Crippen LogP contribution >= 0.6 is 12.6 Å². The van der Waals surface area contributed by atoms with Gasteiger partial charge in [-0.2, -0.15) is 12.6 Å². The van der Waals surface area contributed by atoms with Crippen molar-refractivity contribution in [2.45, 2.75) is 52.7 Å². The van der Waals surface area contributed by atoms with Gasteiger partial charge in [0.15, 0.2) is 0 Å². The minimum absolute atomic E-state index is 0.0330. The van der Waals surface area contributed by atoms with Gasteiger partial charge >= 0.3 is 0 Å². The molecule has 0 bridgehead atoms. The minimum Gasteiger partial charge on any atom is -0.351 e. The fraction of sp³-hybridized carbons (Fsp3) is 0.611. The number of nitrogens with one attached hydrogen (secondary N) is 2. The Kier molecular flexibility index (Phi) is 8.66. The van der Waals surface area contributed by atoms with Crippen molar-refractivity contribution in [1.29, 1.82) is 0 Å². The number of aryl methyl sites for hydroxylation is 2. The summed E-state index contributed by atoms with van der Waals surface area (Å²) in [4.78, 5) is 12.6. The summed E-state index contributed by atoms with van der Waals surface area (Å²) >= 11 is 4.19. The smallest absolute Gasteiger partial charge is 0.237 e. The molecule has 0 saturated heterocycles. The van der Waals surface area contributed by atoms with Gasteiger partial charge in [-0.3, -0.25) is 4.79 Å². The second-order valence-corrected chi connectivity index (χ2v) is 6.73. The topological polar surface area (TPSA) is 67.1 Å². The molecule has 3 atom stereocenters. The second kappa shape index (κ2) is 9.96. The Labute approximate surface area is 146 Å². The summed E-state index contributed by atoms with van der Waals surface area (Å²) in [6.07, 6.45) is 0.935. The highest BCUT2D eigenvalue weighted by Gasteiger charge is 2.23. The molecule has 0 fully saturated rings. The number of rotatable bonds is 9. The Morgan fingerprint density at radius 1 is 1.35 bits per heavy atom. The van der Waals surface area contributed by atoms with E-state index in [2.05, 4.69) is 69.2 Å². The molecule has 0 saturated carbocycles. The Balaban J connectivity index is 2.65. The van der Waals surface area contributed by atoms with Crippen molar-refractivity contribution in [2.24, 2.45) is 11.7 Å². The van der Waals surface area contributed by atoms with Gasteiger partial charge in [-0.15, -0.1) is 0 Å². The van der Waals surface area contributed by atoms with Crippen molar-refractivity contribution in [3.63, 3.8) is 0 Å². The molecule has 2 unspecified atom stereocenters. The Morgan fingerprint density at radius 3 is 2.61 bits per heavy atom. The van der Waals surface area contributed by atoms with E-state index in [1.54, 1.807) is 0 Å². The van der Waals surface area contributed by atoms with Gasteiger partial charge in [-0.05, 0) is 30.9 Å². The van der Waals surface area contributed by atoms with Crippen LogP contribution in [-0.4, -0.2) is 30.3 Å². The van der Waals surface area contributed by atoms with Crippen molar-refractivity contribution < 1.29 is 4.79 Å². The van der Waals surface area contributed by atoms with Gasteiger partial charge < -0.3 is 16.4 Å². The normalized spacial score (nSPS) is 15.0. The summed E-state index contributed by atoms with van der Waals surface area (Å²) in [5, 5.41) is 6.35. The maximum atomic E-state index is 12.6. The first-order valence-electron chi connectivity index (χ1n) is 8.32. The van der Waals surface area contributed by atoms with Crippen molar-refractivity contribution >= 4 is 18.5 Å². The van der Waals surface area contributed by atoms with E-state index in [-0.39, 0.29) is 23.9 Å². The molecule has 0 aliphatic heterocycles. The highest BCUT2D eigenvalue weighted by molar-refractivity contribution is 7.80. The molecule has 1 aromatic rings. The standard InChI is InChI=1S/C18H31N3OS/c1-5-13(3)17(20-10-16(19)11-23)18(22)21-9-15-7-6-12(2)8-14(15)4/h6-8,13,16-17,20,23H,5,9-11,19H2,1-4H3,(H,21,22)/t13?,16?,17-/m0/s1. The molecule has 0 heterocycles. The summed E-state index contributed by atoms with van der Waals surface area (Å²) in [7, 11) is 0. The van der Waals surface area contributed by atoms with Gasteiger partial charge in [0.05, 0.1) is 6.04 Å².